The Bertz CT molecular complexity index is 872. The number of carbonyl (C=O) groups excluding carboxylic acids is 1. The number of benzene rings is 2. The fraction of sp³-hybridized carbons (Fsp3) is 0.480. The predicted molar refractivity (Wildman–Crippen MR) is 119 cm³/mol. The zero-order valence-electron chi connectivity index (χ0n) is 18.3. The smallest absolute Gasteiger partial charge is 0.223 e. The molecular formula is C25H32N2O3. The second-order valence-electron chi connectivity index (χ2n) is 8.67. The van der Waals surface area contributed by atoms with Crippen molar-refractivity contribution in [3.63, 3.8) is 0 Å². The van der Waals surface area contributed by atoms with Gasteiger partial charge in [-0.05, 0) is 61.1 Å². The van der Waals surface area contributed by atoms with Gasteiger partial charge in [0, 0.05) is 45.2 Å². The quantitative estimate of drug-likeness (QED) is 0.672. The van der Waals surface area contributed by atoms with Crippen LogP contribution in [-0.4, -0.2) is 44.7 Å². The maximum absolute atomic E-state index is 12.7. The van der Waals surface area contributed by atoms with Crippen molar-refractivity contribution >= 4 is 11.6 Å². The minimum absolute atomic E-state index is 0.190. The van der Waals surface area contributed by atoms with E-state index in [2.05, 4.69) is 41.3 Å². The number of methoxy groups -OCH3 is 1. The molecule has 4 rings (SSSR count). The summed E-state index contributed by atoms with van der Waals surface area (Å²) < 4.78 is 11.8. The number of anilines is 1. The third-order valence-corrected chi connectivity index (χ3v) is 6.30. The molecule has 1 aliphatic heterocycles. The molecule has 0 radical (unpaired) electrons. The van der Waals surface area contributed by atoms with Crippen molar-refractivity contribution in [3.05, 3.63) is 53.6 Å². The largest absolute Gasteiger partial charge is 0.493 e. The van der Waals surface area contributed by atoms with Crippen molar-refractivity contribution in [3.8, 4) is 11.5 Å². The normalized spacial score (nSPS) is 19.4. The molecule has 5 nitrogen and oxygen atoms in total. The van der Waals surface area contributed by atoms with Crippen LogP contribution in [-0.2, 0) is 11.3 Å². The van der Waals surface area contributed by atoms with Crippen LogP contribution in [0.15, 0.2) is 42.5 Å². The molecule has 1 saturated carbocycles. The lowest BCUT2D eigenvalue weighted by Crippen LogP contribution is -2.24. The number of rotatable bonds is 7. The molecule has 1 aliphatic carbocycles. The Hall–Kier alpha value is -2.69. The first-order chi connectivity index (χ1) is 14.5. The van der Waals surface area contributed by atoms with Crippen LogP contribution in [0, 0.1) is 0 Å². The molecule has 1 heterocycles. The van der Waals surface area contributed by atoms with Crippen molar-refractivity contribution in [2.24, 2.45) is 0 Å². The summed E-state index contributed by atoms with van der Waals surface area (Å²) in [5.74, 6) is 1.99. The Balaban J connectivity index is 1.45. The number of amides is 1. The third kappa shape index (κ3) is 4.55. The van der Waals surface area contributed by atoms with E-state index >= 15 is 0 Å². The molecule has 1 saturated heterocycles. The van der Waals surface area contributed by atoms with Crippen molar-refractivity contribution < 1.29 is 14.3 Å². The lowest BCUT2D eigenvalue weighted by atomic mass is 9.98. The topological polar surface area (TPSA) is 42.0 Å². The second-order valence-corrected chi connectivity index (χ2v) is 8.67. The van der Waals surface area contributed by atoms with Crippen molar-refractivity contribution in [1.29, 1.82) is 0 Å². The molecule has 2 aliphatic rings. The summed E-state index contributed by atoms with van der Waals surface area (Å²) in [4.78, 5) is 16.7. The van der Waals surface area contributed by atoms with Gasteiger partial charge < -0.3 is 19.3 Å². The molecule has 5 heteroatoms. The van der Waals surface area contributed by atoms with Gasteiger partial charge in [-0.15, -0.1) is 0 Å². The van der Waals surface area contributed by atoms with Crippen molar-refractivity contribution in [1.82, 2.24) is 4.90 Å². The van der Waals surface area contributed by atoms with E-state index in [-0.39, 0.29) is 17.9 Å². The molecular weight excluding hydrogens is 376 g/mol. The highest BCUT2D eigenvalue weighted by atomic mass is 16.5. The van der Waals surface area contributed by atoms with Gasteiger partial charge in [0.15, 0.2) is 11.5 Å². The van der Waals surface area contributed by atoms with Gasteiger partial charge in [0.05, 0.1) is 13.2 Å². The molecule has 2 aromatic rings. The summed E-state index contributed by atoms with van der Waals surface area (Å²) in [5, 5.41) is 0. The molecule has 0 spiro atoms. The zero-order valence-corrected chi connectivity index (χ0v) is 18.3. The van der Waals surface area contributed by atoms with Gasteiger partial charge in [0.25, 0.3) is 0 Å². The first-order valence-electron chi connectivity index (χ1n) is 10.9. The van der Waals surface area contributed by atoms with E-state index in [0.717, 1.165) is 47.7 Å². The Morgan fingerprint density at radius 3 is 2.43 bits per heavy atom. The maximum atomic E-state index is 12.7. The highest BCUT2D eigenvalue weighted by Gasteiger charge is 2.31. The lowest BCUT2D eigenvalue weighted by molar-refractivity contribution is -0.128. The Morgan fingerprint density at radius 2 is 1.77 bits per heavy atom. The molecule has 0 bridgehead atoms. The number of likely N-dealkylation sites (tertiary alicyclic amines) is 1. The maximum Gasteiger partial charge on any atom is 0.223 e. The van der Waals surface area contributed by atoms with Gasteiger partial charge in [-0.3, -0.25) is 4.79 Å². The summed E-state index contributed by atoms with van der Waals surface area (Å²) in [6.45, 7) is 1.40. The van der Waals surface area contributed by atoms with E-state index in [1.54, 1.807) is 7.11 Å². The minimum Gasteiger partial charge on any atom is -0.493 e. The molecule has 0 aromatic heterocycles. The van der Waals surface area contributed by atoms with Crippen LogP contribution >= 0.6 is 0 Å². The number of hydrogen-bond donors (Lipinski definition) is 0. The SMILES string of the molecule is COc1ccc(C2CC(=O)N(Cc3ccc(N(C)C)cc3)C2)cc1OC1CCCC1. The van der Waals surface area contributed by atoms with Gasteiger partial charge in [0.2, 0.25) is 5.91 Å². The average Bonchev–Trinajstić information content (AvgIpc) is 3.38. The summed E-state index contributed by atoms with van der Waals surface area (Å²) in [5.41, 5.74) is 3.48. The van der Waals surface area contributed by atoms with Crippen LogP contribution in [0.4, 0.5) is 5.69 Å². The highest BCUT2D eigenvalue weighted by Crippen LogP contribution is 2.37. The molecule has 1 unspecified atom stereocenters. The van der Waals surface area contributed by atoms with Gasteiger partial charge in [-0.2, -0.15) is 0 Å². The summed E-state index contributed by atoms with van der Waals surface area (Å²) >= 11 is 0. The van der Waals surface area contributed by atoms with Crippen LogP contribution in [0.3, 0.4) is 0 Å². The first kappa shape index (κ1) is 20.6. The predicted octanol–water partition coefficient (Wildman–Crippen LogP) is 4.60. The number of nitrogens with zero attached hydrogens (tertiary/aromatic N) is 2. The van der Waals surface area contributed by atoms with E-state index in [9.17, 15) is 4.79 Å². The highest BCUT2D eigenvalue weighted by molar-refractivity contribution is 5.80. The van der Waals surface area contributed by atoms with Crippen molar-refractivity contribution in [2.45, 2.75) is 50.7 Å². The van der Waals surface area contributed by atoms with Crippen LogP contribution < -0.4 is 14.4 Å². The monoisotopic (exact) mass is 408 g/mol. The van der Waals surface area contributed by atoms with Crippen LogP contribution in [0.2, 0.25) is 0 Å². The molecule has 2 aromatic carbocycles. The molecule has 2 fully saturated rings. The number of ether oxygens (including phenoxy) is 2. The second kappa shape index (κ2) is 8.99. The van der Waals surface area contributed by atoms with Gasteiger partial charge in [-0.25, -0.2) is 0 Å². The Kier molecular flexibility index (Phi) is 6.16. The van der Waals surface area contributed by atoms with Crippen LogP contribution in [0.1, 0.15) is 49.1 Å². The van der Waals surface area contributed by atoms with E-state index in [0.29, 0.717) is 13.0 Å². The summed E-state index contributed by atoms with van der Waals surface area (Å²) in [7, 11) is 5.74. The molecule has 30 heavy (non-hydrogen) atoms. The van der Waals surface area contributed by atoms with Gasteiger partial charge in [-0.1, -0.05) is 18.2 Å². The molecule has 0 N–H and O–H groups in total. The van der Waals surface area contributed by atoms with Crippen LogP contribution in [0.5, 0.6) is 11.5 Å². The third-order valence-electron chi connectivity index (χ3n) is 6.30. The fourth-order valence-electron chi connectivity index (χ4n) is 4.49. The van der Waals surface area contributed by atoms with E-state index in [1.807, 2.05) is 25.1 Å². The lowest BCUT2D eigenvalue weighted by Gasteiger charge is -2.20. The summed E-state index contributed by atoms with van der Waals surface area (Å²) in [6.07, 6.45) is 5.50. The van der Waals surface area contributed by atoms with E-state index < -0.39 is 0 Å². The Morgan fingerprint density at radius 1 is 1.03 bits per heavy atom. The average molecular weight is 409 g/mol. The van der Waals surface area contributed by atoms with Crippen molar-refractivity contribution in [2.75, 3.05) is 32.6 Å². The van der Waals surface area contributed by atoms with E-state index in [4.69, 9.17) is 9.47 Å². The first-order valence-corrected chi connectivity index (χ1v) is 10.9. The number of carbonyl (C=O) groups is 1. The molecule has 1 amide bonds. The number of hydrogen-bond acceptors (Lipinski definition) is 4. The summed E-state index contributed by atoms with van der Waals surface area (Å²) in [6, 6.07) is 14.6. The zero-order chi connectivity index (χ0) is 21.1. The van der Waals surface area contributed by atoms with Gasteiger partial charge >= 0.3 is 0 Å². The Labute approximate surface area is 179 Å². The van der Waals surface area contributed by atoms with E-state index in [1.165, 1.54) is 12.8 Å². The fourth-order valence-corrected chi connectivity index (χ4v) is 4.49. The van der Waals surface area contributed by atoms with Gasteiger partial charge in [0.1, 0.15) is 0 Å². The molecule has 160 valence electrons. The molecule has 1 atom stereocenters. The minimum atomic E-state index is 0.190. The van der Waals surface area contributed by atoms with Crippen LogP contribution in [0.25, 0.3) is 0 Å². The standard InChI is InChI=1S/C25H32N2O3/c1-26(2)21-11-8-18(9-12-21)16-27-17-20(15-25(27)28)19-10-13-23(29-3)24(14-19)30-22-6-4-5-7-22/h8-14,20,22H,4-7,15-17H2,1-3H3.